The van der Waals surface area contributed by atoms with Crippen LogP contribution >= 0.6 is 11.6 Å². The maximum Gasteiger partial charge on any atom is 0.310 e. The molecule has 33 heavy (non-hydrogen) atoms. The Morgan fingerprint density at radius 1 is 1.30 bits per heavy atom. The number of amides is 2. The highest BCUT2D eigenvalue weighted by Crippen LogP contribution is 2.63. The van der Waals surface area contributed by atoms with Crippen molar-refractivity contribution < 1.29 is 29.3 Å². The second-order valence-electron chi connectivity index (χ2n) is 9.24. The van der Waals surface area contributed by atoms with Crippen LogP contribution in [0.25, 0.3) is 0 Å². The molecule has 1 aromatic rings. The molecule has 2 N–H and O–H groups in total. The molecule has 0 saturated carbocycles. The number of benzene rings is 1. The highest BCUT2D eigenvalue weighted by molar-refractivity contribution is 6.30. The van der Waals surface area contributed by atoms with E-state index in [4.69, 9.17) is 16.3 Å². The maximum absolute atomic E-state index is 14.1. The van der Waals surface area contributed by atoms with Gasteiger partial charge in [-0.25, -0.2) is 0 Å². The predicted octanol–water partition coefficient (Wildman–Crippen LogP) is 2.48. The number of carbonyl (C=O) groups is 3. The Morgan fingerprint density at radius 2 is 2.00 bits per heavy atom. The second kappa shape index (κ2) is 8.74. The van der Waals surface area contributed by atoms with Gasteiger partial charge in [0.25, 0.3) is 5.91 Å². The number of aliphatic hydroxyl groups excluding tert-OH is 1. The van der Waals surface area contributed by atoms with Crippen LogP contribution < -0.4 is 4.90 Å². The Bertz CT molecular complexity index is 968. The minimum absolute atomic E-state index is 0.0328. The number of aliphatic hydroxyl groups is 1. The minimum Gasteiger partial charge on any atom is -0.481 e. The lowest BCUT2D eigenvalue weighted by molar-refractivity contribution is -0.154. The molecule has 2 amide bonds. The van der Waals surface area contributed by atoms with Gasteiger partial charge in [-0.15, -0.1) is 6.58 Å². The SMILES string of the molecule is C=CCN(C(=O)C1N(CCCCO)C(=O)[C@@H]2[C@H](C(=O)O)[C@]3(C)CCC12O3)c1ccc(Cl)cc1. The Labute approximate surface area is 197 Å². The average molecular weight is 477 g/mol. The smallest absolute Gasteiger partial charge is 0.310 e. The van der Waals surface area contributed by atoms with E-state index in [1.165, 1.54) is 9.80 Å². The third-order valence-electron chi connectivity index (χ3n) is 7.30. The molecule has 1 aromatic carbocycles. The first-order valence-electron chi connectivity index (χ1n) is 11.2. The quantitative estimate of drug-likeness (QED) is 0.419. The number of carboxylic acids is 1. The van der Waals surface area contributed by atoms with Crippen LogP contribution in [0.2, 0.25) is 5.02 Å². The zero-order valence-corrected chi connectivity index (χ0v) is 19.3. The molecular formula is C24H29ClN2O6. The number of anilines is 1. The number of hydrogen-bond acceptors (Lipinski definition) is 5. The van der Waals surface area contributed by atoms with Crippen LogP contribution in [0.3, 0.4) is 0 Å². The summed E-state index contributed by atoms with van der Waals surface area (Å²) in [5.74, 6) is -3.72. The minimum atomic E-state index is -1.20. The van der Waals surface area contributed by atoms with Gasteiger partial charge in [0.15, 0.2) is 0 Å². The summed E-state index contributed by atoms with van der Waals surface area (Å²) in [6, 6.07) is 5.84. The molecule has 4 rings (SSSR count). The summed E-state index contributed by atoms with van der Waals surface area (Å²) in [6.45, 7) is 5.91. The van der Waals surface area contributed by atoms with E-state index in [0.29, 0.717) is 36.4 Å². The Morgan fingerprint density at radius 3 is 2.61 bits per heavy atom. The van der Waals surface area contributed by atoms with Crippen LogP contribution in [0.4, 0.5) is 5.69 Å². The van der Waals surface area contributed by atoms with Crippen molar-refractivity contribution in [3.63, 3.8) is 0 Å². The van der Waals surface area contributed by atoms with Gasteiger partial charge in [0.05, 0.1) is 17.4 Å². The van der Waals surface area contributed by atoms with E-state index in [1.54, 1.807) is 37.3 Å². The molecule has 8 nitrogen and oxygen atoms in total. The van der Waals surface area contributed by atoms with E-state index in [0.717, 1.165) is 0 Å². The number of carboxylic acid groups (broad SMARTS) is 1. The number of ether oxygens (including phenoxy) is 1. The third-order valence-corrected chi connectivity index (χ3v) is 7.55. The molecule has 3 aliphatic heterocycles. The number of unbranched alkanes of at least 4 members (excludes halogenated alkanes) is 1. The van der Waals surface area contributed by atoms with Crippen molar-refractivity contribution in [3.8, 4) is 0 Å². The van der Waals surface area contributed by atoms with E-state index in [9.17, 15) is 24.6 Å². The Kier molecular flexibility index (Phi) is 6.28. The molecule has 2 bridgehead atoms. The molecule has 0 aromatic heterocycles. The average Bonchev–Trinajstić information content (AvgIpc) is 3.34. The van der Waals surface area contributed by atoms with E-state index in [1.807, 2.05) is 0 Å². The van der Waals surface area contributed by atoms with Crippen LogP contribution in [0.1, 0.15) is 32.6 Å². The summed E-state index contributed by atoms with van der Waals surface area (Å²) in [5, 5.41) is 19.7. The van der Waals surface area contributed by atoms with E-state index >= 15 is 0 Å². The molecule has 3 aliphatic rings. The van der Waals surface area contributed by atoms with Gasteiger partial charge in [0.2, 0.25) is 5.91 Å². The number of carbonyl (C=O) groups excluding carboxylic acids is 2. The van der Waals surface area contributed by atoms with E-state index in [2.05, 4.69) is 6.58 Å². The number of hydrogen-bond donors (Lipinski definition) is 2. The molecule has 2 unspecified atom stereocenters. The molecule has 3 saturated heterocycles. The largest absolute Gasteiger partial charge is 0.481 e. The number of likely N-dealkylation sites (tertiary alicyclic amines) is 1. The first-order valence-corrected chi connectivity index (χ1v) is 11.6. The van der Waals surface area contributed by atoms with Crippen molar-refractivity contribution >= 4 is 35.1 Å². The lowest BCUT2D eigenvalue weighted by Crippen LogP contribution is -2.56. The van der Waals surface area contributed by atoms with Gasteiger partial charge in [0.1, 0.15) is 11.6 Å². The summed E-state index contributed by atoms with van der Waals surface area (Å²) in [4.78, 5) is 42.9. The molecule has 3 heterocycles. The summed E-state index contributed by atoms with van der Waals surface area (Å²) in [6.07, 6.45) is 3.45. The second-order valence-corrected chi connectivity index (χ2v) is 9.68. The van der Waals surface area contributed by atoms with Gasteiger partial charge >= 0.3 is 5.97 Å². The van der Waals surface area contributed by atoms with E-state index in [-0.39, 0.29) is 31.5 Å². The molecule has 1 spiro atoms. The van der Waals surface area contributed by atoms with Crippen LogP contribution in [0.5, 0.6) is 0 Å². The highest BCUT2D eigenvalue weighted by atomic mass is 35.5. The predicted molar refractivity (Wildman–Crippen MR) is 122 cm³/mol. The molecular weight excluding hydrogens is 448 g/mol. The van der Waals surface area contributed by atoms with Crippen molar-refractivity contribution in [3.05, 3.63) is 41.9 Å². The number of halogens is 1. The van der Waals surface area contributed by atoms with Gasteiger partial charge in [-0.2, -0.15) is 0 Å². The van der Waals surface area contributed by atoms with Crippen LogP contribution in [-0.2, 0) is 19.1 Å². The van der Waals surface area contributed by atoms with Crippen molar-refractivity contribution in [2.45, 2.75) is 49.9 Å². The van der Waals surface area contributed by atoms with Gasteiger partial charge in [-0.3, -0.25) is 14.4 Å². The summed E-state index contributed by atoms with van der Waals surface area (Å²) < 4.78 is 6.38. The first kappa shape index (κ1) is 23.7. The van der Waals surface area contributed by atoms with Gasteiger partial charge in [-0.05, 0) is 56.9 Å². The standard InChI is InChI=1S/C24H29ClN2O6/c1-3-12-26(16-8-6-15(25)7-9-16)21(30)19-24-11-10-23(2,33-24)18(22(31)32)17(24)20(29)27(19)13-4-5-14-28/h3,6-9,17-19,28H,1,4-5,10-14H2,2H3,(H,31,32)/t17-,18+,19?,23-,24?/m0/s1. The summed E-state index contributed by atoms with van der Waals surface area (Å²) in [5.41, 5.74) is -1.59. The van der Waals surface area contributed by atoms with Gasteiger partial charge < -0.3 is 24.7 Å². The first-order chi connectivity index (χ1) is 15.7. The number of aliphatic carboxylic acids is 1. The number of fused-ring (bicyclic) bond motifs is 1. The third kappa shape index (κ3) is 3.64. The summed E-state index contributed by atoms with van der Waals surface area (Å²) >= 11 is 6.02. The molecule has 5 atom stereocenters. The fourth-order valence-corrected chi connectivity index (χ4v) is 6.06. The zero-order chi connectivity index (χ0) is 24.0. The van der Waals surface area contributed by atoms with Crippen LogP contribution in [0.15, 0.2) is 36.9 Å². The molecule has 9 heteroatoms. The molecule has 0 radical (unpaired) electrons. The lowest BCUT2D eigenvalue weighted by Gasteiger charge is -2.36. The monoisotopic (exact) mass is 476 g/mol. The van der Waals surface area contributed by atoms with Crippen LogP contribution in [0, 0.1) is 11.8 Å². The van der Waals surface area contributed by atoms with Gasteiger partial charge in [-0.1, -0.05) is 17.7 Å². The fraction of sp³-hybridized carbons (Fsp3) is 0.542. The van der Waals surface area contributed by atoms with Crippen molar-refractivity contribution in [1.29, 1.82) is 0 Å². The van der Waals surface area contributed by atoms with Crippen molar-refractivity contribution in [2.75, 3.05) is 24.6 Å². The van der Waals surface area contributed by atoms with Crippen LogP contribution in [-0.4, -0.2) is 69.8 Å². The zero-order valence-electron chi connectivity index (χ0n) is 18.6. The summed E-state index contributed by atoms with van der Waals surface area (Å²) in [7, 11) is 0. The number of rotatable bonds is 9. The number of nitrogens with zero attached hydrogens (tertiary/aromatic N) is 2. The Balaban J connectivity index is 1.77. The molecule has 3 fully saturated rings. The normalized spacial score (nSPS) is 32.2. The molecule has 0 aliphatic carbocycles. The fourth-order valence-electron chi connectivity index (χ4n) is 5.94. The van der Waals surface area contributed by atoms with Gasteiger partial charge in [0, 0.05) is 30.4 Å². The highest BCUT2D eigenvalue weighted by Gasteiger charge is 2.78. The molecule has 178 valence electrons. The maximum atomic E-state index is 14.1. The van der Waals surface area contributed by atoms with Crippen molar-refractivity contribution in [1.82, 2.24) is 4.90 Å². The van der Waals surface area contributed by atoms with Crippen molar-refractivity contribution in [2.24, 2.45) is 11.8 Å². The Hall–Kier alpha value is -2.42. The topological polar surface area (TPSA) is 107 Å². The van der Waals surface area contributed by atoms with E-state index < -0.39 is 35.0 Å². The lowest BCUT2D eigenvalue weighted by atomic mass is 9.66.